The summed E-state index contributed by atoms with van der Waals surface area (Å²) in [6.45, 7) is 7.37. The largest absolute Gasteiger partial charge is 0.0651 e. The normalized spacial score (nSPS) is 52.8. The van der Waals surface area contributed by atoms with E-state index in [0.717, 1.165) is 23.2 Å². The van der Waals surface area contributed by atoms with Crippen molar-refractivity contribution in [2.45, 2.75) is 52.9 Å². The molecule has 0 heterocycles. The van der Waals surface area contributed by atoms with Crippen LogP contribution in [0.4, 0.5) is 0 Å². The van der Waals surface area contributed by atoms with E-state index in [2.05, 4.69) is 20.8 Å². The Kier molecular flexibility index (Phi) is 1.97. The molecule has 0 N–H and O–H groups in total. The molecule has 0 aromatic rings. The zero-order valence-corrected chi connectivity index (χ0v) is 8.77. The topological polar surface area (TPSA) is 0 Å². The molecule has 2 bridgehead atoms. The van der Waals surface area contributed by atoms with Gasteiger partial charge >= 0.3 is 0 Å². The quantitative estimate of drug-likeness (QED) is 0.555. The molecule has 2 rings (SSSR count). The minimum atomic E-state index is 0.726. The molecule has 2 saturated carbocycles. The maximum absolute atomic E-state index is 2.53. The van der Waals surface area contributed by atoms with Crippen LogP contribution in [0.3, 0.4) is 0 Å². The lowest BCUT2D eigenvalue weighted by molar-refractivity contribution is 0.149. The van der Waals surface area contributed by atoms with Crippen LogP contribution in [0.25, 0.3) is 0 Å². The fourth-order valence-electron chi connectivity index (χ4n) is 3.64. The summed E-state index contributed by atoms with van der Waals surface area (Å²) in [5, 5.41) is 0. The third-order valence-electron chi connectivity index (χ3n) is 4.81. The van der Waals surface area contributed by atoms with Crippen LogP contribution in [-0.2, 0) is 0 Å². The molecule has 0 amide bonds. The molecule has 1 unspecified atom stereocenters. The van der Waals surface area contributed by atoms with E-state index in [0.29, 0.717) is 0 Å². The molecule has 12 heavy (non-hydrogen) atoms. The van der Waals surface area contributed by atoms with Gasteiger partial charge in [0.15, 0.2) is 0 Å². The third kappa shape index (κ3) is 1.11. The third-order valence-corrected chi connectivity index (χ3v) is 4.81. The summed E-state index contributed by atoms with van der Waals surface area (Å²) in [7, 11) is 0. The van der Waals surface area contributed by atoms with E-state index in [1.165, 1.54) is 32.1 Å². The number of hydrogen-bond acceptors (Lipinski definition) is 0. The van der Waals surface area contributed by atoms with Crippen molar-refractivity contribution < 1.29 is 0 Å². The van der Waals surface area contributed by atoms with Gasteiger partial charge in [-0.1, -0.05) is 27.2 Å². The summed E-state index contributed by atoms with van der Waals surface area (Å²) < 4.78 is 0. The average Bonchev–Trinajstić information content (AvgIpc) is 2.33. The number of hydrogen-bond donors (Lipinski definition) is 0. The van der Waals surface area contributed by atoms with Crippen molar-refractivity contribution in [1.82, 2.24) is 0 Å². The van der Waals surface area contributed by atoms with Crippen molar-refractivity contribution in [2.75, 3.05) is 0 Å². The molecule has 0 radical (unpaired) electrons. The molecule has 0 aliphatic heterocycles. The van der Waals surface area contributed by atoms with E-state index >= 15 is 0 Å². The predicted octanol–water partition coefficient (Wildman–Crippen LogP) is 3.86. The Morgan fingerprint density at radius 3 is 2.58 bits per heavy atom. The molecule has 4 atom stereocenters. The highest BCUT2D eigenvalue weighted by atomic mass is 14.5. The molecule has 0 heteroatoms. The molecular formula is C12H22. The van der Waals surface area contributed by atoms with E-state index in [4.69, 9.17) is 0 Å². The Bertz CT molecular complexity index is 173. The van der Waals surface area contributed by atoms with Crippen molar-refractivity contribution in [3.63, 3.8) is 0 Å². The first-order chi connectivity index (χ1) is 5.65. The van der Waals surface area contributed by atoms with Crippen LogP contribution in [0.5, 0.6) is 0 Å². The van der Waals surface area contributed by atoms with Crippen LogP contribution in [0.1, 0.15) is 52.9 Å². The standard InChI is InChI=1S/C12H22/c1-4-10-7-12(3)8-11(10)6-5-9(12)2/h9-11H,4-8H2,1-3H3/t9-,10-,11+,12?/m0/s1. The molecule has 2 aliphatic rings. The van der Waals surface area contributed by atoms with Gasteiger partial charge in [0.2, 0.25) is 0 Å². The molecule has 0 aromatic heterocycles. The summed E-state index contributed by atoms with van der Waals surface area (Å²) in [5.41, 5.74) is 0.726. The highest BCUT2D eigenvalue weighted by molar-refractivity contribution is 4.97. The second-order valence-electron chi connectivity index (χ2n) is 5.47. The second kappa shape index (κ2) is 2.75. The van der Waals surface area contributed by atoms with Crippen LogP contribution in [0.2, 0.25) is 0 Å². The average molecular weight is 166 g/mol. The van der Waals surface area contributed by atoms with Gasteiger partial charge in [-0.05, 0) is 48.9 Å². The lowest BCUT2D eigenvalue weighted by Gasteiger charge is -2.35. The zero-order valence-electron chi connectivity index (χ0n) is 8.77. The Morgan fingerprint density at radius 2 is 2.00 bits per heavy atom. The van der Waals surface area contributed by atoms with Crippen molar-refractivity contribution in [3.8, 4) is 0 Å². The highest BCUT2D eigenvalue weighted by Gasteiger charge is 2.47. The molecular weight excluding hydrogens is 144 g/mol. The van der Waals surface area contributed by atoms with Crippen LogP contribution in [0, 0.1) is 23.2 Å². The lowest BCUT2D eigenvalue weighted by Crippen LogP contribution is -2.25. The summed E-state index contributed by atoms with van der Waals surface area (Å²) in [6.07, 6.45) is 7.50. The van der Waals surface area contributed by atoms with Gasteiger partial charge in [0.25, 0.3) is 0 Å². The molecule has 2 aliphatic carbocycles. The van der Waals surface area contributed by atoms with Crippen molar-refractivity contribution in [2.24, 2.45) is 23.2 Å². The van der Waals surface area contributed by atoms with Gasteiger partial charge in [-0.3, -0.25) is 0 Å². The lowest BCUT2D eigenvalue weighted by atomic mass is 9.70. The minimum absolute atomic E-state index is 0.726. The van der Waals surface area contributed by atoms with Gasteiger partial charge in [-0.15, -0.1) is 0 Å². The van der Waals surface area contributed by atoms with Gasteiger partial charge < -0.3 is 0 Å². The summed E-state index contributed by atoms with van der Waals surface area (Å²) in [5.74, 6) is 3.15. The van der Waals surface area contributed by atoms with Crippen molar-refractivity contribution in [1.29, 1.82) is 0 Å². The Labute approximate surface area is 76.7 Å². The fraction of sp³-hybridized carbons (Fsp3) is 1.00. The Hall–Kier alpha value is 0. The van der Waals surface area contributed by atoms with Crippen LogP contribution in [-0.4, -0.2) is 0 Å². The zero-order chi connectivity index (χ0) is 8.77. The molecule has 2 fully saturated rings. The highest BCUT2D eigenvalue weighted by Crippen LogP contribution is 2.57. The predicted molar refractivity (Wildman–Crippen MR) is 53.0 cm³/mol. The molecule has 0 saturated heterocycles. The molecule has 0 nitrogen and oxygen atoms in total. The van der Waals surface area contributed by atoms with Crippen molar-refractivity contribution >= 4 is 0 Å². The van der Waals surface area contributed by atoms with Gasteiger partial charge in [0.05, 0.1) is 0 Å². The molecule has 70 valence electrons. The second-order valence-corrected chi connectivity index (χ2v) is 5.47. The van der Waals surface area contributed by atoms with Crippen LogP contribution in [0.15, 0.2) is 0 Å². The van der Waals surface area contributed by atoms with Gasteiger partial charge in [-0.25, -0.2) is 0 Å². The molecule has 0 aromatic carbocycles. The maximum Gasteiger partial charge on any atom is -0.0295 e. The Morgan fingerprint density at radius 1 is 1.25 bits per heavy atom. The summed E-state index contributed by atoms with van der Waals surface area (Å²) in [6, 6.07) is 0. The maximum atomic E-state index is 2.53. The first kappa shape index (κ1) is 8.59. The van der Waals surface area contributed by atoms with E-state index in [1.807, 2.05) is 0 Å². The smallest absolute Gasteiger partial charge is 0.0295 e. The number of fused-ring (bicyclic) bond motifs is 2. The van der Waals surface area contributed by atoms with E-state index < -0.39 is 0 Å². The number of rotatable bonds is 1. The fourth-order valence-corrected chi connectivity index (χ4v) is 3.64. The Balaban J connectivity index is 2.15. The minimum Gasteiger partial charge on any atom is -0.0651 e. The monoisotopic (exact) mass is 166 g/mol. The summed E-state index contributed by atoms with van der Waals surface area (Å²) in [4.78, 5) is 0. The van der Waals surface area contributed by atoms with E-state index in [1.54, 1.807) is 0 Å². The van der Waals surface area contributed by atoms with Crippen LogP contribution < -0.4 is 0 Å². The van der Waals surface area contributed by atoms with E-state index in [-0.39, 0.29) is 0 Å². The van der Waals surface area contributed by atoms with E-state index in [9.17, 15) is 0 Å². The van der Waals surface area contributed by atoms with Gasteiger partial charge in [-0.2, -0.15) is 0 Å². The van der Waals surface area contributed by atoms with Crippen molar-refractivity contribution in [3.05, 3.63) is 0 Å². The van der Waals surface area contributed by atoms with Gasteiger partial charge in [0.1, 0.15) is 0 Å². The SMILES string of the molecule is CC[C@H]1CC2(C)C[C@H]1CC[C@@H]2C. The first-order valence-electron chi connectivity index (χ1n) is 5.65. The summed E-state index contributed by atoms with van der Waals surface area (Å²) >= 11 is 0. The molecule has 0 spiro atoms. The van der Waals surface area contributed by atoms with Crippen LogP contribution >= 0.6 is 0 Å². The van der Waals surface area contributed by atoms with Gasteiger partial charge in [0, 0.05) is 0 Å². The first-order valence-corrected chi connectivity index (χ1v) is 5.65.